The summed E-state index contributed by atoms with van der Waals surface area (Å²) in [5.74, 6) is -0.0980. The van der Waals surface area contributed by atoms with Crippen LogP contribution in [0.2, 0.25) is 0 Å². The number of fused-ring (bicyclic) bond motifs is 3. The lowest BCUT2D eigenvalue weighted by Crippen LogP contribution is -2.35. The number of halogens is 1. The number of benzene rings is 2. The molecule has 2 aromatic carbocycles. The largest absolute Gasteiger partial charge is 0.341 e. The number of hydrogen-bond acceptors (Lipinski definition) is 1. The van der Waals surface area contributed by atoms with Crippen molar-refractivity contribution in [1.82, 2.24) is 9.47 Å². The van der Waals surface area contributed by atoms with Crippen molar-refractivity contribution in [2.24, 2.45) is 0 Å². The SMILES string of the molecule is Cc1ccc(CCn2c3c(c4c(C)ccc(F)c42)CN(C)C(C)C3)cc1. The topological polar surface area (TPSA) is 8.17 Å². The van der Waals surface area contributed by atoms with Crippen LogP contribution in [0.4, 0.5) is 4.39 Å². The van der Waals surface area contributed by atoms with Gasteiger partial charge in [0.05, 0.1) is 5.52 Å². The molecule has 3 aromatic rings. The fraction of sp³-hybridized carbons (Fsp3) is 0.391. The van der Waals surface area contributed by atoms with Gasteiger partial charge in [0.1, 0.15) is 5.82 Å². The molecule has 2 nitrogen and oxygen atoms in total. The molecule has 3 heteroatoms. The van der Waals surface area contributed by atoms with Crippen molar-refractivity contribution < 1.29 is 4.39 Å². The fourth-order valence-electron chi connectivity index (χ4n) is 4.24. The Hall–Kier alpha value is -2.13. The van der Waals surface area contributed by atoms with Gasteiger partial charge in [-0.3, -0.25) is 4.90 Å². The summed E-state index contributed by atoms with van der Waals surface area (Å²) in [5, 5.41) is 1.13. The van der Waals surface area contributed by atoms with E-state index < -0.39 is 0 Å². The van der Waals surface area contributed by atoms with Crippen molar-refractivity contribution in [2.75, 3.05) is 7.05 Å². The average molecular weight is 350 g/mol. The van der Waals surface area contributed by atoms with Crippen LogP contribution in [0, 0.1) is 19.7 Å². The molecular weight excluding hydrogens is 323 g/mol. The zero-order valence-corrected chi connectivity index (χ0v) is 16.1. The van der Waals surface area contributed by atoms with Crippen molar-refractivity contribution in [1.29, 1.82) is 0 Å². The molecule has 26 heavy (non-hydrogen) atoms. The molecule has 0 spiro atoms. The van der Waals surface area contributed by atoms with Crippen LogP contribution in [0.15, 0.2) is 36.4 Å². The van der Waals surface area contributed by atoms with Gasteiger partial charge in [-0.2, -0.15) is 0 Å². The Morgan fingerprint density at radius 2 is 1.81 bits per heavy atom. The van der Waals surface area contributed by atoms with E-state index in [9.17, 15) is 4.39 Å². The maximum absolute atomic E-state index is 14.9. The van der Waals surface area contributed by atoms with Gasteiger partial charge in [-0.15, -0.1) is 0 Å². The van der Waals surface area contributed by atoms with Crippen LogP contribution in [-0.4, -0.2) is 22.6 Å². The molecule has 1 atom stereocenters. The highest BCUT2D eigenvalue weighted by Crippen LogP contribution is 2.35. The number of nitrogens with zero attached hydrogens (tertiary/aromatic N) is 2. The van der Waals surface area contributed by atoms with Crippen molar-refractivity contribution in [3.8, 4) is 0 Å². The summed E-state index contributed by atoms with van der Waals surface area (Å²) in [7, 11) is 2.16. The Balaban J connectivity index is 1.81. The Bertz CT molecular complexity index is 953. The summed E-state index contributed by atoms with van der Waals surface area (Å²) in [4.78, 5) is 2.37. The van der Waals surface area contributed by atoms with Gasteiger partial charge < -0.3 is 4.57 Å². The molecule has 0 N–H and O–H groups in total. The van der Waals surface area contributed by atoms with Gasteiger partial charge >= 0.3 is 0 Å². The molecule has 2 heterocycles. The molecule has 0 saturated heterocycles. The first kappa shape index (κ1) is 17.3. The Morgan fingerprint density at radius 1 is 1.08 bits per heavy atom. The van der Waals surface area contributed by atoms with E-state index in [2.05, 4.69) is 61.6 Å². The molecule has 0 saturated carbocycles. The minimum atomic E-state index is -0.0980. The molecule has 0 aliphatic carbocycles. The second-order valence-corrected chi connectivity index (χ2v) is 7.87. The van der Waals surface area contributed by atoms with Gasteiger partial charge in [-0.1, -0.05) is 35.9 Å². The van der Waals surface area contributed by atoms with Gasteiger partial charge in [0.15, 0.2) is 0 Å². The maximum Gasteiger partial charge on any atom is 0.147 e. The number of likely N-dealkylation sites (N-methyl/N-ethyl adjacent to an activating group) is 1. The average Bonchev–Trinajstić information content (AvgIpc) is 2.93. The molecule has 1 aromatic heterocycles. The minimum absolute atomic E-state index is 0.0980. The van der Waals surface area contributed by atoms with Crippen LogP contribution >= 0.6 is 0 Å². The first-order valence-electron chi connectivity index (χ1n) is 9.50. The van der Waals surface area contributed by atoms with Gasteiger partial charge in [0, 0.05) is 36.6 Å². The Morgan fingerprint density at radius 3 is 2.54 bits per heavy atom. The molecular formula is C23H27FN2. The van der Waals surface area contributed by atoms with Gasteiger partial charge in [0.2, 0.25) is 0 Å². The Labute approximate surface area is 155 Å². The molecule has 1 aliphatic rings. The third-order valence-electron chi connectivity index (χ3n) is 5.98. The molecule has 0 amide bonds. The lowest BCUT2D eigenvalue weighted by molar-refractivity contribution is 0.228. The molecule has 136 valence electrons. The molecule has 4 rings (SSSR count). The van der Waals surface area contributed by atoms with Crippen LogP contribution in [0.5, 0.6) is 0 Å². The normalized spacial score (nSPS) is 17.7. The predicted molar refractivity (Wildman–Crippen MR) is 106 cm³/mol. The number of hydrogen-bond donors (Lipinski definition) is 0. The first-order chi connectivity index (χ1) is 12.5. The maximum atomic E-state index is 14.9. The van der Waals surface area contributed by atoms with E-state index in [1.807, 2.05) is 6.07 Å². The zero-order valence-electron chi connectivity index (χ0n) is 16.1. The summed E-state index contributed by atoms with van der Waals surface area (Å²) in [6.07, 6.45) is 1.90. The van der Waals surface area contributed by atoms with Crippen molar-refractivity contribution >= 4 is 10.9 Å². The van der Waals surface area contributed by atoms with E-state index in [0.717, 1.165) is 36.8 Å². The van der Waals surface area contributed by atoms with E-state index in [1.165, 1.54) is 27.9 Å². The van der Waals surface area contributed by atoms with Crippen LogP contribution in [0.1, 0.15) is 34.9 Å². The quantitative estimate of drug-likeness (QED) is 0.644. The summed E-state index contributed by atoms with van der Waals surface area (Å²) in [6, 6.07) is 12.7. The van der Waals surface area contributed by atoms with Crippen molar-refractivity contribution in [2.45, 2.75) is 52.7 Å². The minimum Gasteiger partial charge on any atom is -0.341 e. The van der Waals surface area contributed by atoms with Crippen molar-refractivity contribution in [3.63, 3.8) is 0 Å². The third-order valence-corrected chi connectivity index (χ3v) is 5.98. The van der Waals surface area contributed by atoms with E-state index in [0.29, 0.717) is 6.04 Å². The van der Waals surface area contributed by atoms with E-state index in [1.54, 1.807) is 6.07 Å². The molecule has 1 unspecified atom stereocenters. The van der Waals surface area contributed by atoms with Crippen LogP contribution in [0.3, 0.4) is 0 Å². The fourth-order valence-corrected chi connectivity index (χ4v) is 4.24. The second kappa shape index (κ2) is 6.55. The summed E-state index contributed by atoms with van der Waals surface area (Å²) < 4.78 is 17.1. The second-order valence-electron chi connectivity index (χ2n) is 7.87. The molecule has 1 aliphatic heterocycles. The van der Waals surface area contributed by atoms with Crippen molar-refractivity contribution in [3.05, 3.63) is 70.2 Å². The highest BCUT2D eigenvalue weighted by atomic mass is 19.1. The molecule has 0 fully saturated rings. The summed E-state index contributed by atoms with van der Waals surface area (Å²) in [6.45, 7) is 8.19. The molecule has 0 radical (unpaired) electrons. The van der Waals surface area contributed by atoms with E-state index >= 15 is 0 Å². The number of aryl methyl sites for hydroxylation is 4. The van der Waals surface area contributed by atoms with E-state index in [-0.39, 0.29) is 5.82 Å². The smallest absolute Gasteiger partial charge is 0.147 e. The summed E-state index contributed by atoms with van der Waals surface area (Å²) in [5.41, 5.74) is 7.20. The third kappa shape index (κ3) is 2.84. The number of aromatic nitrogens is 1. The standard InChI is InChI=1S/C23H27FN2/c1-15-5-8-18(9-6-15)11-12-26-21-13-17(3)25(4)14-19(21)22-16(2)7-10-20(24)23(22)26/h5-10,17H,11-14H2,1-4H3. The van der Waals surface area contributed by atoms with Crippen LogP contribution < -0.4 is 0 Å². The molecule has 0 bridgehead atoms. The van der Waals surface area contributed by atoms with Crippen LogP contribution in [0.25, 0.3) is 10.9 Å². The highest BCUT2D eigenvalue weighted by Gasteiger charge is 2.28. The summed E-state index contributed by atoms with van der Waals surface area (Å²) >= 11 is 0. The lowest BCUT2D eigenvalue weighted by Gasteiger charge is -2.31. The van der Waals surface area contributed by atoms with Gasteiger partial charge in [-0.25, -0.2) is 4.39 Å². The van der Waals surface area contributed by atoms with Gasteiger partial charge in [-0.05, 0) is 57.0 Å². The number of rotatable bonds is 3. The zero-order chi connectivity index (χ0) is 18.4. The first-order valence-corrected chi connectivity index (χ1v) is 9.50. The monoisotopic (exact) mass is 350 g/mol. The van der Waals surface area contributed by atoms with Crippen LogP contribution in [-0.2, 0) is 25.9 Å². The predicted octanol–water partition coefficient (Wildman–Crippen LogP) is 5.02. The highest BCUT2D eigenvalue weighted by molar-refractivity contribution is 5.89. The lowest BCUT2D eigenvalue weighted by atomic mass is 9.98. The van der Waals surface area contributed by atoms with E-state index in [4.69, 9.17) is 0 Å². The van der Waals surface area contributed by atoms with Gasteiger partial charge in [0.25, 0.3) is 0 Å². The Kier molecular flexibility index (Phi) is 4.36.